The Hall–Kier alpha value is -1.71. The van der Waals surface area contributed by atoms with Gasteiger partial charge in [0.2, 0.25) is 0 Å². The second kappa shape index (κ2) is 5.82. The minimum Gasteiger partial charge on any atom is -0.309 e. The van der Waals surface area contributed by atoms with Crippen LogP contribution < -0.4 is 4.90 Å². The van der Waals surface area contributed by atoms with Crippen LogP contribution in [0.25, 0.3) is 0 Å². The Morgan fingerprint density at radius 2 is 1.82 bits per heavy atom. The highest BCUT2D eigenvalue weighted by Gasteiger charge is 2.26. The molecule has 1 aliphatic carbocycles. The standard InChI is InChI=1S/C19H14BrNS/c20-14-10-12-15(13-11-14)21-16-6-2-1-3-8-18(16)22-19-9-5-4-7-17(19)21/h1,3-13H,2H2. The molecule has 0 N–H and O–H groups in total. The molecular weight excluding hydrogens is 354 g/mol. The third-order valence-corrected chi connectivity index (χ3v) is 5.39. The first kappa shape index (κ1) is 13.9. The van der Waals surface area contributed by atoms with Crippen molar-refractivity contribution < 1.29 is 0 Å². The van der Waals surface area contributed by atoms with Crippen LogP contribution in [-0.2, 0) is 0 Å². The fourth-order valence-electron chi connectivity index (χ4n) is 2.73. The number of halogens is 1. The Balaban J connectivity index is 1.92. The monoisotopic (exact) mass is 367 g/mol. The summed E-state index contributed by atoms with van der Waals surface area (Å²) >= 11 is 5.37. The fourth-order valence-corrected chi connectivity index (χ4v) is 4.07. The van der Waals surface area contributed by atoms with Gasteiger partial charge in [-0.2, -0.15) is 0 Å². The van der Waals surface area contributed by atoms with Crippen LogP contribution in [0.4, 0.5) is 11.4 Å². The maximum Gasteiger partial charge on any atom is 0.0601 e. The Kier molecular flexibility index (Phi) is 3.68. The quantitative estimate of drug-likeness (QED) is 0.571. The van der Waals surface area contributed by atoms with Gasteiger partial charge in [0, 0.05) is 20.0 Å². The molecule has 0 spiro atoms. The van der Waals surface area contributed by atoms with Gasteiger partial charge in [0.1, 0.15) is 0 Å². The van der Waals surface area contributed by atoms with Crippen LogP contribution in [0.5, 0.6) is 0 Å². The van der Waals surface area contributed by atoms with E-state index in [2.05, 4.69) is 93.7 Å². The molecule has 3 heteroatoms. The molecule has 0 saturated heterocycles. The Morgan fingerprint density at radius 3 is 2.68 bits per heavy atom. The molecule has 2 aromatic rings. The lowest BCUT2D eigenvalue weighted by atomic mass is 10.2. The lowest BCUT2D eigenvalue weighted by molar-refractivity contribution is 1.13. The lowest BCUT2D eigenvalue weighted by Crippen LogP contribution is -2.21. The molecule has 0 radical (unpaired) electrons. The van der Waals surface area contributed by atoms with Crippen LogP contribution in [0.15, 0.2) is 92.8 Å². The van der Waals surface area contributed by atoms with Gasteiger partial charge in [-0.15, -0.1) is 0 Å². The largest absolute Gasteiger partial charge is 0.309 e. The van der Waals surface area contributed by atoms with Crippen molar-refractivity contribution in [2.75, 3.05) is 4.90 Å². The van der Waals surface area contributed by atoms with Crippen LogP contribution >= 0.6 is 27.7 Å². The molecule has 1 aliphatic heterocycles. The van der Waals surface area contributed by atoms with Crippen LogP contribution in [0, 0.1) is 0 Å². The summed E-state index contributed by atoms with van der Waals surface area (Å²) in [7, 11) is 0. The van der Waals surface area contributed by atoms with Gasteiger partial charge in [0.25, 0.3) is 0 Å². The van der Waals surface area contributed by atoms with Crippen molar-refractivity contribution in [2.24, 2.45) is 0 Å². The zero-order chi connectivity index (χ0) is 14.9. The molecule has 0 fully saturated rings. The number of thioether (sulfide) groups is 1. The van der Waals surface area contributed by atoms with Gasteiger partial charge in [0.05, 0.1) is 11.4 Å². The highest BCUT2D eigenvalue weighted by molar-refractivity contribution is 9.10. The Labute approximate surface area is 143 Å². The smallest absolute Gasteiger partial charge is 0.0601 e. The van der Waals surface area contributed by atoms with Crippen molar-refractivity contribution in [1.29, 1.82) is 0 Å². The first-order valence-electron chi connectivity index (χ1n) is 7.23. The number of nitrogens with zero attached hydrogens (tertiary/aromatic N) is 1. The number of fused-ring (bicyclic) bond motifs is 2. The molecule has 2 aliphatic rings. The van der Waals surface area contributed by atoms with Gasteiger partial charge < -0.3 is 4.90 Å². The number of rotatable bonds is 1. The first-order chi connectivity index (χ1) is 10.8. The molecule has 4 rings (SSSR count). The topological polar surface area (TPSA) is 3.24 Å². The number of anilines is 2. The summed E-state index contributed by atoms with van der Waals surface area (Å²) in [4.78, 5) is 4.95. The van der Waals surface area contributed by atoms with Gasteiger partial charge in [-0.1, -0.05) is 58.1 Å². The van der Waals surface area contributed by atoms with Gasteiger partial charge in [0.15, 0.2) is 0 Å². The summed E-state index contributed by atoms with van der Waals surface area (Å²) < 4.78 is 1.10. The summed E-state index contributed by atoms with van der Waals surface area (Å²) in [6, 6.07) is 17.1. The van der Waals surface area contributed by atoms with Crippen LogP contribution in [0.2, 0.25) is 0 Å². The third-order valence-electron chi connectivity index (χ3n) is 3.74. The predicted octanol–water partition coefficient (Wildman–Crippen LogP) is 6.42. The van der Waals surface area contributed by atoms with Crippen molar-refractivity contribution in [1.82, 2.24) is 0 Å². The second-order valence-electron chi connectivity index (χ2n) is 5.17. The van der Waals surface area contributed by atoms with Crippen molar-refractivity contribution in [3.63, 3.8) is 0 Å². The summed E-state index contributed by atoms with van der Waals surface area (Å²) in [6.45, 7) is 0. The number of para-hydroxylation sites is 1. The van der Waals surface area contributed by atoms with E-state index < -0.39 is 0 Å². The minimum absolute atomic E-state index is 0.963. The van der Waals surface area contributed by atoms with Gasteiger partial charge in [-0.25, -0.2) is 0 Å². The van der Waals surface area contributed by atoms with E-state index in [0.29, 0.717) is 0 Å². The molecular formula is C19H14BrNS. The molecule has 0 saturated carbocycles. The van der Waals surface area contributed by atoms with E-state index in [9.17, 15) is 0 Å². The zero-order valence-electron chi connectivity index (χ0n) is 11.9. The molecule has 1 heterocycles. The summed E-state index contributed by atoms with van der Waals surface area (Å²) in [6.07, 6.45) is 9.83. The number of benzene rings is 2. The predicted molar refractivity (Wildman–Crippen MR) is 98.5 cm³/mol. The molecule has 0 bridgehead atoms. The normalized spacial score (nSPS) is 16.3. The minimum atomic E-state index is 0.963. The van der Waals surface area contributed by atoms with E-state index >= 15 is 0 Å². The van der Waals surface area contributed by atoms with E-state index in [-0.39, 0.29) is 0 Å². The Morgan fingerprint density at radius 1 is 1.00 bits per heavy atom. The lowest BCUT2D eigenvalue weighted by Gasteiger charge is -2.34. The van der Waals surface area contributed by atoms with Crippen molar-refractivity contribution in [2.45, 2.75) is 11.3 Å². The number of allylic oxidation sites excluding steroid dienone is 4. The molecule has 108 valence electrons. The van der Waals surface area contributed by atoms with Gasteiger partial charge >= 0.3 is 0 Å². The summed E-state index contributed by atoms with van der Waals surface area (Å²) in [5.74, 6) is 0. The van der Waals surface area contributed by atoms with Crippen molar-refractivity contribution in [3.8, 4) is 0 Å². The molecule has 1 nitrogen and oxygen atoms in total. The molecule has 22 heavy (non-hydrogen) atoms. The maximum absolute atomic E-state index is 3.52. The number of hydrogen-bond donors (Lipinski definition) is 0. The zero-order valence-corrected chi connectivity index (χ0v) is 14.3. The summed E-state index contributed by atoms with van der Waals surface area (Å²) in [5, 5.41) is 0. The van der Waals surface area contributed by atoms with Crippen molar-refractivity contribution in [3.05, 3.63) is 87.9 Å². The van der Waals surface area contributed by atoms with Crippen LogP contribution in [0.3, 0.4) is 0 Å². The highest BCUT2D eigenvalue weighted by Crippen LogP contribution is 2.49. The van der Waals surface area contributed by atoms with Crippen LogP contribution in [0.1, 0.15) is 6.42 Å². The number of hydrogen-bond acceptors (Lipinski definition) is 2. The van der Waals surface area contributed by atoms with Crippen LogP contribution in [-0.4, -0.2) is 0 Å². The maximum atomic E-state index is 3.52. The van der Waals surface area contributed by atoms with Gasteiger partial charge in [-0.05, 0) is 48.9 Å². The SMILES string of the molecule is Brc1ccc(N2C3=CCC=CC=C3Sc3ccccc32)cc1. The molecule has 2 aromatic carbocycles. The Bertz CT molecular complexity index is 802. The van der Waals surface area contributed by atoms with Gasteiger partial charge in [-0.3, -0.25) is 0 Å². The highest BCUT2D eigenvalue weighted by atomic mass is 79.9. The van der Waals surface area contributed by atoms with E-state index in [1.807, 2.05) is 11.8 Å². The molecule has 0 aromatic heterocycles. The van der Waals surface area contributed by atoms with E-state index in [1.54, 1.807) is 0 Å². The third kappa shape index (κ3) is 2.44. The first-order valence-corrected chi connectivity index (χ1v) is 8.84. The molecule has 0 unspecified atom stereocenters. The summed E-state index contributed by atoms with van der Waals surface area (Å²) in [5.41, 5.74) is 3.71. The second-order valence-corrected chi connectivity index (χ2v) is 7.17. The van der Waals surface area contributed by atoms with Crippen molar-refractivity contribution >= 4 is 39.1 Å². The fraction of sp³-hybridized carbons (Fsp3) is 0.0526. The van der Waals surface area contributed by atoms with E-state index in [1.165, 1.54) is 26.9 Å². The average molecular weight is 368 g/mol. The average Bonchev–Trinajstić information content (AvgIpc) is 2.79. The molecule has 0 atom stereocenters. The molecule has 0 amide bonds. The van der Waals surface area contributed by atoms with E-state index in [0.717, 1.165) is 10.9 Å². The van der Waals surface area contributed by atoms with E-state index in [4.69, 9.17) is 0 Å².